The van der Waals surface area contributed by atoms with Crippen LogP contribution in [-0.4, -0.2) is 21.4 Å². The van der Waals surface area contributed by atoms with Gasteiger partial charge in [-0.25, -0.2) is 0 Å². The molecule has 0 N–H and O–H groups in total. The lowest BCUT2D eigenvalue weighted by Gasteiger charge is -2.13. The number of rotatable bonds is 9. The summed E-state index contributed by atoms with van der Waals surface area (Å²) in [6.07, 6.45) is 0. The van der Waals surface area contributed by atoms with Crippen LogP contribution in [0.2, 0.25) is 10.0 Å². The highest BCUT2D eigenvalue weighted by molar-refractivity contribution is 7.98. The number of halogens is 2. The summed E-state index contributed by atoms with van der Waals surface area (Å²) in [5.41, 5.74) is 2.20. The minimum Gasteiger partial charge on any atom is -0.490 e. The first-order valence-corrected chi connectivity index (χ1v) is 11.1. The summed E-state index contributed by atoms with van der Waals surface area (Å²) in [5, 5.41) is 10.6. The lowest BCUT2D eigenvalue weighted by molar-refractivity contribution is 0.258. The molecule has 2 aromatic carbocycles. The second-order valence-electron chi connectivity index (χ2n) is 6.35. The second kappa shape index (κ2) is 10.2. The number of thioether (sulfide) groups is 1. The predicted octanol–water partition coefficient (Wildman–Crippen LogP) is 6.18. The van der Waals surface area contributed by atoms with E-state index in [0.717, 1.165) is 40.2 Å². The van der Waals surface area contributed by atoms with Crippen molar-refractivity contribution in [2.45, 2.75) is 44.8 Å². The number of aryl methyl sites for hydroxylation is 1. The molecular formula is C21H23Cl2N3O2S. The van der Waals surface area contributed by atoms with Crippen LogP contribution in [0.3, 0.4) is 0 Å². The highest BCUT2D eigenvalue weighted by Crippen LogP contribution is 2.30. The van der Waals surface area contributed by atoms with E-state index in [1.165, 1.54) is 0 Å². The van der Waals surface area contributed by atoms with Crippen molar-refractivity contribution < 1.29 is 9.47 Å². The quantitative estimate of drug-likeness (QED) is 0.363. The third-order valence-corrected chi connectivity index (χ3v) is 5.99. The van der Waals surface area contributed by atoms with Gasteiger partial charge < -0.3 is 14.0 Å². The van der Waals surface area contributed by atoms with Gasteiger partial charge in [0.1, 0.15) is 6.61 Å². The van der Waals surface area contributed by atoms with Crippen LogP contribution in [0.4, 0.5) is 0 Å². The van der Waals surface area contributed by atoms with E-state index in [1.54, 1.807) is 17.8 Å². The van der Waals surface area contributed by atoms with Crippen molar-refractivity contribution in [2.75, 3.05) is 6.61 Å². The van der Waals surface area contributed by atoms with Gasteiger partial charge in [-0.05, 0) is 56.2 Å². The molecule has 8 heteroatoms. The van der Waals surface area contributed by atoms with Crippen LogP contribution < -0.4 is 9.47 Å². The number of hydrogen-bond acceptors (Lipinski definition) is 5. The zero-order valence-electron chi connectivity index (χ0n) is 16.6. The lowest BCUT2D eigenvalue weighted by atomic mass is 10.2. The van der Waals surface area contributed by atoms with Gasteiger partial charge in [-0.3, -0.25) is 0 Å². The molecule has 0 radical (unpaired) electrons. The van der Waals surface area contributed by atoms with Crippen LogP contribution in [0.25, 0.3) is 0 Å². The highest BCUT2D eigenvalue weighted by atomic mass is 35.5. The third-order valence-electron chi connectivity index (χ3n) is 4.22. The standard InChI is InChI=1S/C21H23Cl2N3O2S/c1-4-26-20(12-28-18-9-6-14(3)10-19(18)27-5-2)24-25-21(26)29-13-15-7-8-16(22)17(23)11-15/h6-11H,4-5,12-13H2,1-3H3. The molecule has 0 amide bonds. The molecule has 5 nitrogen and oxygen atoms in total. The number of aromatic nitrogens is 3. The zero-order chi connectivity index (χ0) is 20.8. The average molecular weight is 452 g/mol. The van der Waals surface area contributed by atoms with Gasteiger partial charge in [0.2, 0.25) is 0 Å². The Kier molecular flexibility index (Phi) is 7.70. The van der Waals surface area contributed by atoms with Gasteiger partial charge in [0.25, 0.3) is 0 Å². The van der Waals surface area contributed by atoms with E-state index >= 15 is 0 Å². The SMILES string of the molecule is CCOc1cc(C)ccc1OCc1nnc(SCc2ccc(Cl)c(Cl)c2)n1CC. The molecular weight excluding hydrogens is 429 g/mol. The Hall–Kier alpha value is -1.89. The Labute approximate surface area is 185 Å². The molecule has 154 valence electrons. The van der Waals surface area contributed by atoms with E-state index in [1.807, 2.05) is 44.2 Å². The van der Waals surface area contributed by atoms with E-state index in [2.05, 4.69) is 21.7 Å². The van der Waals surface area contributed by atoms with Gasteiger partial charge in [-0.15, -0.1) is 10.2 Å². The van der Waals surface area contributed by atoms with Crippen molar-refractivity contribution in [3.05, 3.63) is 63.4 Å². The van der Waals surface area contributed by atoms with Crippen molar-refractivity contribution in [1.29, 1.82) is 0 Å². The van der Waals surface area contributed by atoms with Crippen LogP contribution in [-0.2, 0) is 18.9 Å². The molecule has 0 spiro atoms. The van der Waals surface area contributed by atoms with Crippen LogP contribution in [0, 0.1) is 6.92 Å². The fourth-order valence-electron chi connectivity index (χ4n) is 2.77. The van der Waals surface area contributed by atoms with Gasteiger partial charge in [0, 0.05) is 12.3 Å². The molecule has 29 heavy (non-hydrogen) atoms. The summed E-state index contributed by atoms with van der Waals surface area (Å²) >= 11 is 13.7. The molecule has 0 atom stereocenters. The van der Waals surface area contributed by atoms with Crippen LogP contribution in [0.5, 0.6) is 11.5 Å². The first-order chi connectivity index (χ1) is 14.0. The van der Waals surface area contributed by atoms with Crippen molar-refractivity contribution >= 4 is 35.0 Å². The molecule has 3 aromatic rings. The Balaban J connectivity index is 1.69. The van der Waals surface area contributed by atoms with Gasteiger partial charge in [-0.2, -0.15) is 0 Å². The maximum atomic E-state index is 6.10. The summed E-state index contributed by atoms with van der Waals surface area (Å²) < 4.78 is 13.7. The van der Waals surface area contributed by atoms with Crippen LogP contribution >= 0.6 is 35.0 Å². The third kappa shape index (κ3) is 5.59. The number of hydrogen-bond donors (Lipinski definition) is 0. The predicted molar refractivity (Wildman–Crippen MR) is 118 cm³/mol. The van der Waals surface area contributed by atoms with E-state index in [0.29, 0.717) is 29.0 Å². The molecule has 0 unspecified atom stereocenters. The summed E-state index contributed by atoms with van der Waals surface area (Å²) in [4.78, 5) is 0. The molecule has 0 aliphatic rings. The normalized spacial score (nSPS) is 10.9. The Morgan fingerprint density at radius 2 is 1.79 bits per heavy atom. The van der Waals surface area contributed by atoms with E-state index in [4.69, 9.17) is 32.7 Å². The minimum absolute atomic E-state index is 0.317. The summed E-state index contributed by atoms with van der Waals surface area (Å²) in [6.45, 7) is 7.70. The van der Waals surface area contributed by atoms with Crippen molar-refractivity contribution in [3.8, 4) is 11.5 Å². The van der Waals surface area contributed by atoms with E-state index < -0.39 is 0 Å². The molecule has 0 aliphatic heterocycles. The molecule has 1 heterocycles. The molecule has 0 saturated heterocycles. The summed E-state index contributed by atoms with van der Waals surface area (Å²) in [6, 6.07) is 11.5. The van der Waals surface area contributed by atoms with Gasteiger partial charge in [0.15, 0.2) is 22.5 Å². The second-order valence-corrected chi connectivity index (χ2v) is 8.11. The molecule has 3 rings (SSSR count). The maximum absolute atomic E-state index is 6.10. The molecule has 0 fully saturated rings. The fourth-order valence-corrected chi connectivity index (χ4v) is 4.06. The molecule has 0 saturated carbocycles. The van der Waals surface area contributed by atoms with Crippen LogP contribution in [0.15, 0.2) is 41.6 Å². The summed E-state index contributed by atoms with van der Waals surface area (Å²) in [5.74, 6) is 2.94. The van der Waals surface area contributed by atoms with E-state index in [-0.39, 0.29) is 0 Å². The van der Waals surface area contributed by atoms with E-state index in [9.17, 15) is 0 Å². The van der Waals surface area contributed by atoms with Crippen molar-refractivity contribution in [3.63, 3.8) is 0 Å². The monoisotopic (exact) mass is 451 g/mol. The van der Waals surface area contributed by atoms with Crippen molar-refractivity contribution in [2.24, 2.45) is 0 Å². The largest absolute Gasteiger partial charge is 0.490 e. The van der Waals surface area contributed by atoms with Crippen molar-refractivity contribution in [1.82, 2.24) is 14.8 Å². The molecule has 1 aromatic heterocycles. The minimum atomic E-state index is 0.317. The number of benzene rings is 2. The van der Waals surface area contributed by atoms with Gasteiger partial charge in [-0.1, -0.05) is 47.1 Å². The number of ether oxygens (including phenoxy) is 2. The molecule has 0 aliphatic carbocycles. The smallest absolute Gasteiger partial charge is 0.191 e. The lowest BCUT2D eigenvalue weighted by Crippen LogP contribution is -2.08. The first kappa shape index (κ1) is 21.8. The van der Waals surface area contributed by atoms with Crippen LogP contribution in [0.1, 0.15) is 30.8 Å². The fraction of sp³-hybridized carbons (Fsp3) is 0.333. The zero-order valence-corrected chi connectivity index (χ0v) is 18.9. The Morgan fingerprint density at radius 3 is 2.52 bits per heavy atom. The molecule has 0 bridgehead atoms. The number of nitrogens with zero attached hydrogens (tertiary/aromatic N) is 3. The average Bonchev–Trinajstić information content (AvgIpc) is 3.10. The Bertz CT molecular complexity index is 979. The van der Waals surface area contributed by atoms with Gasteiger partial charge in [0.05, 0.1) is 16.7 Å². The van der Waals surface area contributed by atoms with Gasteiger partial charge >= 0.3 is 0 Å². The first-order valence-electron chi connectivity index (χ1n) is 9.36. The summed E-state index contributed by atoms with van der Waals surface area (Å²) in [7, 11) is 0. The topological polar surface area (TPSA) is 49.2 Å². The maximum Gasteiger partial charge on any atom is 0.191 e. The highest BCUT2D eigenvalue weighted by Gasteiger charge is 2.14. The Morgan fingerprint density at radius 1 is 0.966 bits per heavy atom.